The number of benzene rings is 1. The summed E-state index contributed by atoms with van der Waals surface area (Å²) >= 11 is 0. The molecule has 1 aromatic carbocycles. The van der Waals surface area contributed by atoms with Crippen LogP contribution in [-0.4, -0.2) is 33.3 Å². The van der Waals surface area contributed by atoms with Crippen molar-refractivity contribution < 1.29 is 18.5 Å². The molecule has 0 spiro atoms. The smallest absolute Gasteiger partial charge is 0.277 e. The van der Waals surface area contributed by atoms with Gasteiger partial charge in [-0.05, 0) is 30.2 Å². The minimum Gasteiger partial charge on any atom is -0.355 e. The van der Waals surface area contributed by atoms with Crippen LogP contribution in [0.1, 0.15) is 34.8 Å². The van der Waals surface area contributed by atoms with Gasteiger partial charge in [0.05, 0.1) is 11.9 Å². The highest BCUT2D eigenvalue weighted by atomic mass is 19.1. The Labute approximate surface area is 160 Å². The van der Waals surface area contributed by atoms with Gasteiger partial charge in [-0.3, -0.25) is 14.3 Å². The lowest BCUT2D eigenvalue weighted by Crippen LogP contribution is -2.30. The summed E-state index contributed by atoms with van der Waals surface area (Å²) in [5.74, 6) is -0.651. The number of nitrogens with one attached hydrogen (secondary N) is 2. The lowest BCUT2D eigenvalue weighted by molar-refractivity contribution is 0.0940. The first-order valence-electron chi connectivity index (χ1n) is 8.69. The molecule has 146 valence electrons. The van der Waals surface area contributed by atoms with Gasteiger partial charge < -0.3 is 15.2 Å². The molecule has 0 unspecified atom stereocenters. The first kappa shape index (κ1) is 19.3. The normalized spacial score (nSPS) is 10.9. The zero-order valence-electron chi connectivity index (χ0n) is 15.7. The Kier molecular flexibility index (Phi) is 5.53. The highest BCUT2D eigenvalue weighted by Crippen LogP contribution is 2.22. The van der Waals surface area contributed by atoms with Crippen molar-refractivity contribution in [2.45, 2.75) is 13.8 Å². The monoisotopic (exact) mass is 385 g/mol. The van der Waals surface area contributed by atoms with Crippen LogP contribution >= 0.6 is 0 Å². The van der Waals surface area contributed by atoms with Gasteiger partial charge in [0.2, 0.25) is 0 Å². The largest absolute Gasteiger partial charge is 0.355 e. The number of aromatic nitrogens is 3. The molecule has 0 saturated heterocycles. The first-order chi connectivity index (χ1) is 13.3. The maximum absolute atomic E-state index is 13.0. The molecule has 0 fully saturated rings. The van der Waals surface area contributed by atoms with E-state index in [-0.39, 0.29) is 34.7 Å². The summed E-state index contributed by atoms with van der Waals surface area (Å²) in [5, 5.41) is 13.2. The van der Waals surface area contributed by atoms with Crippen molar-refractivity contribution in [1.29, 1.82) is 0 Å². The van der Waals surface area contributed by atoms with E-state index in [4.69, 9.17) is 4.52 Å². The summed E-state index contributed by atoms with van der Waals surface area (Å²) in [6.45, 7) is 4.46. The van der Waals surface area contributed by atoms with Gasteiger partial charge in [-0.15, -0.1) is 0 Å². The highest BCUT2D eigenvalue weighted by molar-refractivity contribution is 6.07. The molecule has 2 aromatic heterocycles. The van der Waals surface area contributed by atoms with Gasteiger partial charge in [-0.25, -0.2) is 4.39 Å². The third kappa shape index (κ3) is 4.25. The van der Waals surface area contributed by atoms with Gasteiger partial charge in [0.25, 0.3) is 11.8 Å². The number of aryl methyl sites for hydroxylation is 1. The Bertz CT molecular complexity index is 991. The summed E-state index contributed by atoms with van der Waals surface area (Å²) in [6, 6.07) is 7.06. The van der Waals surface area contributed by atoms with Crippen molar-refractivity contribution in [2.75, 3.05) is 11.9 Å². The van der Waals surface area contributed by atoms with E-state index in [1.165, 1.54) is 41.2 Å². The number of anilines is 1. The third-order valence-corrected chi connectivity index (χ3v) is 3.94. The lowest BCUT2D eigenvalue weighted by atomic mass is 10.1. The van der Waals surface area contributed by atoms with E-state index in [9.17, 15) is 14.0 Å². The fourth-order valence-electron chi connectivity index (χ4n) is 2.50. The minimum atomic E-state index is -0.553. The summed E-state index contributed by atoms with van der Waals surface area (Å²) < 4.78 is 19.6. The van der Waals surface area contributed by atoms with Crippen molar-refractivity contribution in [1.82, 2.24) is 20.3 Å². The molecule has 0 atom stereocenters. The van der Waals surface area contributed by atoms with E-state index in [1.54, 1.807) is 7.05 Å². The average molecular weight is 385 g/mol. The Hall–Kier alpha value is -3.49. The van der Waals surface area contributed by atoms with Crippen molar-refractivity contribution in [2.24, 2.45) is 13.0 Å². The van der Waals surface area contributed by atoms with E-state index < -0.39 is 5.91 Å². The van der Waals surface area contributed by atoms with Crippen molar-refractivity contribution in [3.8, 4) is 11.3 Å². The SMILES string of the molecule is CC(C)CNC(=O)c1c(NC(=O)c2cc(-c3ccc(F)cc3)on2)cnn1C. The summed E-state index contributed by atoms with van der Waals surface area (Å²) in [5.41, 5.74) is 1.11. The lowest BCUT2D eigenvalue weighted by Gasteiger charge is -2.09. The number of carbonyl (C=O) groups excluding carboxylic acids is 2. The number of rotatable bonds is 6. The van der Waals surface area contributed by atoms with Gasteiger partial charge in [0.1, 0.15) is 11.5 Å². The van der Waals surface area contributed by atoms with Crippen molar-refractivity contribution in [3.63, 3.8) is 0 Å². The van der Waals surface area contributed by atoms with Crippen LogP contribution in [0.2, 0.25) is 0 Å². The van der Waals surface area contributed by atoms with E-state index in [0.29, 0.717) is 17.9 Å². The fourth-order valence-corrected chi connectivity index (χ4v) is 2.50. The van der Waals surface area contributed by atoms with Crippen molar-refractivity contribution in [3.05, 3.63) is 53.7 Å². The van der Waals surface area contributed by atoms with Gasteiger partial charge in [-0.1, -0.05) is 19.0 Å². The predicted octanol–water partition coefficient (Wildman–Crippen LogP) is 2.85. The second-order valence-electron chi connectivity index (χ2n) is 6.67. The van der Waals surface area contributed by atoms with Crippen LogP contribution in [0.3, 0.4) is 0 Å². The van der Waals surface area contributed by atoms with Crippen LogP contribution in [-0.2, 0) is 7.05 Å². The summed E-state index contributed by atoms with van der Waals surface area (Å²) in [4.78, 5) is 24.9. The molecule has 3 rings (SSSR count). The number of nitrogens with zero attached hydrogens (tertiary/aromatic N) is 3. The number of hydrogen-bond acceptors (Lipinski definition) is 5. The second-order valence-corrected chi connectivity index (χ2v) is 6.67. The molecule has 9 heteroatoms. The van der Waals surface area contributed by atoms with E-state index >= 15 is 0 Å². The Morgan fingerprint density at radius 3 is 2.61 bits per heavy atom. The van der Waals surface area contributed by atoms with Gasteiger partial charge >= 0.3 is 0 Å². The summed E-state index contributed by atoms with van der Waals surface area (Å²) in [7, 11) is 1.61. The number of halogens is 1. The molecule has 0 aliphatic heterocycles. The highest BCUT2D eigenvalue weighted by Gasteiger charge is 2.21. The summed E-state index contributed by atoms with van der Waals surface area (Å²) in [6.07, 6.45) is 1.39. The molecule has 0 aliphatic carbocycles. The topological polar surface area (TPSA) is 102 Å². The molecule has 3 aromatic rings. The van der Waals surface area contributed by atoms with Gasteiger partial charge in [0.15, 0.2) is 11.5 Å². The molecular weight excluding hydrogens is 365 g/mol. The van der Waals surface area contributed by atoms with Gasteiger partial charge in [-0.2, -0.15) is 5.10 Å². The van der Waals surface area contributed by atoms with Crippen LogP contribution in [0.15, 0.2) is 41.1 Å². The number of carbonyl (C=O) groups is 2. The first-order valence-corrected chi connectivity index (χ1v) is 8.69. The predicted molar refractivity (Wildman–Crippen MR) is 100 cm³/mol. The molecule has 8 nitrogen and oxygen atoms in total. The maximum atomic E-state index is 13.0. The number of amides is 2. The number of hydrogen-bond donors (Lipinski definition) is 2. The Morgan fingerprint density at radius 2 is 1.93 bits per heavy atom. The third-order valence-electron chi connectivity index (χ3n) is 3.94. The van der Waals surface area contributed by atoms with Crippen LogP contribution in [0, 0.1) is 11.7 Å². The molecule has 2 amide bonds. The average Bonchev–Trinajstić information content (AvgIpc) is 3.28. The quantitative estimate of drug-likeness (QED) is 0.679. The van der Waals surface area contributed by atoms with Crippen LogP contribution in [0.25, 0.3) is 11.3 Å². The standard InChI is InChI=1S/C19H20FN5O3/c1-11(2)9-21-19(27)17-15(10-22-25(17)3)23-18(26)14-8-16(28-24-14)12-4-6-13(20)7-5-12/h4-8,10-11H,9H2,1-3H3,(H,21,27)(H,23,26). The van der Waals surface area contributed by atoms with E-state index in [1.807, 2.05) is 13.8 Å². The zero-order chi connectivity index (χ0) is 20.3. The molecule has 28 heavy (non-hydrogen) atoms. The molecule has 0 saturated carbocycles. The van der Waals surface area contributed by atoms with E-state index in [2.05, 4.69) is 20.9 Å². The molecule has 0 radical (unpaired) electrons. The molecule has 0 bridgehead atoms. The fraction of sp³-hybridized carbons (Fsp3) is 0.263. The van der Waals surface area contributed by atoms with Crippen LogP contribution < -0.4 is 10.6 Å². The minimum absolute atomic E-state index is 0.0247. The second kappa shape index (κ2) is 8.03. The van der Waals surface area contributed by atoms with Gasteiger partial charge in [0, 0.05) is 25.2 Å². The van der Waals surface area contributed by atoms with E-state index in [0.717, 1.165) is 0 Å². The Balaban J connectivity index is 1.75. The zero-order valence-corrected chi connectivity index (χ0v) is 15.7. The molecule has 2 N–H and O–H groups in total. The van der Waals surface area contributed by atoms with Crippen LogP contribution in [0.5, 0.6) is 0 Å². The molecule has 2 heterocycles. The maximum Gasteiger partial charge on any atom is 0.277 e. The Morgan fingerprint density at radius 1 is 1.21 bits per heavy atom. The molecular formula is C19H20FN5O3. The van der Waals surface area contributed by atoms with Crippen LogP contribution in [0.4, 0.5) is 10.1 Å². The molecule has 0 aliphatic rings. The van der Waals surface area contributed by atoms with Crippen molar-refractivity contribution >= 4 is 17.5 Å².